The Bertz CT molecular complexity index is 362. The van der Waals surface area contributed by atoms with E-state index in [1.807, 2.05) is 0 Å². The summed E-state index contributed by atoms with van der Waals surface area (Å²) in [5, 5.41) is 0.625. The van der Waals surface area contributed by atoms with Gasteiger partial charge >= 0.3 is 0 Å². The van der Waals surface area contributed by atoms with Crippen molar-refractivity contribution in [2.75, 3.05) is 23.7 Å². The van der Waals surface area contributed by atoms with Gasteiger partial charge in [0, 0.05) is 13.1 Å². The van der Waals surface area contributed by atoms with Crippen molar-refractivity contribution in [1.29, 1.82) is 0 Å². The number of nitrogens with two attached hydrogens (primary N) is 1. The molecule has 0 spiro atoms. The van der Waals surface area contributed by atoms with Crippen LogP contribution in [-0.2, 0) is 0 Å². The first-order chi connectivity index (χ1) is 6.77. The molecular formula is C10H12ClN3. The molecule has 2 heterocycles. The average Bonchev–Trinajstić information content (AvgIpc) is 2.19. The van der Waals surface area contributed by atoms with E-state index in [4.69, 9.17) is 17.3 Å². The van der Waals surface area contributed by atoms with Crippen molar-refractivity contribution in [2.45, 2.75) is 6.42 Å². The first-order valence-electron chi connectivity index (χ1n) is 4.58. The fourth-order valence-electron chi connectivity index (χ4n) is 1.51. The number of pyridine rings is 1. The molecule has 0 atom stereocenters. The van der Waals surface area contributed by atoms with Crippen LogP contribution >= 0.6 is 11.6 Å². The fraction of sp³-hybridized carbons (Fsp3) is 0.300. The van der Waals surface area contributed by atoms with Crippen molar-refractivity contribution in [3.8, 4) is 0 Å². The third-order valence-electron chi connectivity index (χ3n) is 2.20. The van der Waals surface area contributed by atoms with Gasteiger partial charge < -0.3 is 10.6 Å². The Morgan fingerprint density at radius 1 is 1.43 bits per heavy atom. The van der Waals surface area contributed by atoms with E-state index < -0.39 is 0 Å². The number of aromatic nitrogens is 1. The standard InChI is InChI=1S/C10H12ClN3/c11-9-6-8(12)7-13-10(9)14-4-2-1-3-5-14/h1-2,6-7H,3-5,12H2. The zero-order valence-corrected chi connectivity index (χ0v) is 8.54. The van der Waals surface area contributed by atoms with Crippen LogP contribution in [0.2, 0.25) is 5.02 Å². The summed E-state index contributed by atoms with van der Waals surface area (Å²) >= 11 is 6.05. The van der Waals surface area contributed by atoms with Gasteiger partial charge in [-0.1, -0.05) is 23.8 Å². The third-order valence-corrected chi connectivity index (χ3v) is 2.48. The van der Waals surface area contributed by atoms with Gasteiger partial charge in [0.25, 0.3) is 0 Å². The summed E-state index contributed by atoms with van der Waals surface area (Å²) < 4.78 is 0. The van der Waals surface area contributed by atoms with Crippen molar-refractivity contribution in [3.05, 3.63) is 29.4 Å². The molecule has 2 rings (SSSR count). The summed E-state index contributed by atoms with van der Waals surface area (Å²) in [6, 6.07) is 1.74. The Labute approximate surface area is 88.2 Å². The highest BCUT2D eigenvalue weighted by atomic mass is 35.5. The zero-order valence-electron chi connectivity index (χ0n) is 7.78. The molecule has 0 bridgehead atoms. The fourth-order valence-corrected chi connectivity index (χ4v) is 1.81. The highest BCUT2D eigenvalue weighted by Crippen LogP contribution is 2.25. The minimum atomic E-state index is 0.603. The molecule has 0 unspecified atom stereocenters. The molecule has 0 aromatic carbocycles. The first kappa shape index (κ1) is 9.34. The van der Waals surface area contributed by atoms with Crippen LogP contribution < -0.4 is 10.6 Å². The maximum absolute atomic E-state index is 6.05. The lowest BCUT2D eigenvalue weighted by molar-refractivity contribution is 0.806. The Balaban J connectivity index is 2.27. The van der Waals surface area contributed by atoms with E-state index in [-0.39, 0.29) is 0 Å². The summed E-state index contributed by atoms with van der Waals surface area (Å²) in [4.78, 5) is 6.38. The average molecular weight is 210 g/mol. The number of nitrogens with zero attached hydrogens (tertiary/aromatic N) is 2. The van der Waals surface area contributed by atoms with Gasteiger partial charge in [-0.05, 0) is 12.5 Å². The molecule has 0 saturated heterocycles. The smallest absolute Gasteiger partial charge is 0.147 e. The van der Waals surface area contributed by atoms with Crippen molar-refractivity contribution in [1.82, 2.24) is 4.98 Å². The molecule has 0 fully saturated rings. The van der Waals surface area contributed by atoms with Gasteiger partial charge in [0.05, 0.1) is 16.9 Å². The molecule has 0 amide bonds. The zero-order chi connectivity index (χ0) is 9.97. The van der Waals surface area contributed by atoms with Gasteiger partial charge in [0.1, 0.15) is 5.82 Å². The topological polar surface area (TPSA) is 42.1 Å². The van der Waals surface area contributed by atoms with Crippen LogP contribution in [0.15, 0.2) is 24.4 Å². The highest BCUT2D eigenvalue weighted by molar-refractivity contribution is 6.33. The number of hydrogen-bond acceptors (Lipinski definition) is 3. The molecule has 3 nitrogen and oxygen atoms in total. The predicted molar refractivity (Wildman–Crippen MR) is 59.6 cm³/mol. The maximum Gasteiger partial charge on any atom is 0.147 e. The number of nitrogen functional groups attached to an aromatic ring is 1. The van der Waals surface area contributed by atoms with Crippen molar-refractivity contribution in [3.63, 3.8) is 0 Å². The lowest BCUT2D eigenvalue weighted by Gasteiger charge is -2.25. The third kappa shape index (κ3) is 1.82. The largest absolute Gasteiger partial charge is 0.397 e. The van der Waals surface area contributed by atoms with Crippen molar-refractivity contribution in [2.24, 2.45) is 0 Å². The summed E-state index contributed by atoms with van der Waals surface area (Å²) in [6.45, 7) is 1.84. The van der Waals surface area contributed by atoms with Gasteiger partial charge in [0.15, 0.2) is 0 Å². The maximum atomic E-state index is 6.05. The van der Waals surface area contributed by atoms with Crippen molar-refractivity contribution >= 4 is 23.1 Å². The lowest BCUT2D eigenvalue weighted by atomic mass is 10.2. The molecule has 74 valence electrons. The van der Waals surface area contributed by atoms with Crippen LogP contribution in [0.5, 0.6) is 0 Å². The van der Waals surface area contributed by atoms with Gasteiger partial charge in [-0.15, -0.1) is 0 Å². The number of halogens is 1. The van der Waals surface area contributed by atoms with E-state index >= 15 is 0 Å². The highest BCUT2D eigenvalue weighted by Gasteiger charge is 2.12. The minimum Gasteiger partial charge on any atom is -0.397 e. The molecule has 0 aliphatic carbocycles. The molecule has 4 heteroatoms. The SMILES string of the molecule is Nc1cnc(N2CC=CCC2)c(Cl)c1. The molecule has 14 heavy (non-hydrogen) atoms. The molecule has 0 radical (unpaired) electrons. The van der Waals surface area contributed by atoms with Crippen LogP contribution in [0.3, 0.4) is 0 Å². The second-order valence-electron chi connectivity index (χ2n) is 3.28. The van der Waals surface area contributed by atoms with E-state index in [1.54, 1.807) is 12.3 Å². The summed E-state index contributed by atoms with van der Waals surface area (Å²) in [5.74, 6) is 0.824. The molecule has 1 aliphatic rings. The Morgan fingerprint density at radius 3 is 2.93 bits per heavy atom. The summed E-state index contributed by atoms with van der Waals surface area (Å²) in [6.07, 6.45) is 6.97. The lowest BCUT2D eigenvalue weighted by Crippen LogP contribution is -2.27. The first-order valence-corrected chi connectivity index (χ1v) is 4.96. The Morgan fingerprint density at radius 2 is 2.29 bits per heavy atom. The monoisotopic (exact) mass is 209 g/mol. The normalized spacial score (nSPS) is 15.9. The van der Waals surface area contributed by atoms with E-state index in [0.717, 1.165) is 25.3 Å². The molecule has 0 saturated carbocycles. The van der Waals surface area contributed by atoms with Crippen LogP contribution in [0, 0.1) is 0 Å². The molecule has 2 N–H and O–H groups in total. The quantitative estimate of drug-likeness (QED) is 0.721. The van der Waals surface area contributed by atoms with Crippen LogP contribution in [0.25, 0.3) is 0 Å². The van der Waals surface area contributed by atoms with E-state index in [9.17, 15) is 0 Å². The Hall–Kier alpha value is -1.22. The van der Waals surface area contributed by atoms with Crippen LogP contribution in [-0.4, -0.2) is 18.1 Å². The summed E-state index contributed by atoms with van der Waals surface area (Å²) in [7, 11) is 0. The number of hydrogen-bond donors (Lipinski definition) is 1. The van der Waals surface area contributed by atoms with Crippen LogP contribution in [0.1, 0.15) is 6.42 Å². The van der Waals surface area contributed by atoms with E-state index in [0.29, 0.717) is 10.7 Å². The molecule has 1 aliphatic heterocycles. The van der Waals surface area contributed by atoms with E-state index in [2.05, 4.69) is 22.0 Å². The molecule has 1 aromatic rings. The van der Waals surface area contributed by atoms with Gasteiger partial charge in [-0.25, -0.2) is 4.98 Å². The van der Waals surface area contributed by atoms with Crippen molar-refractivity contribution < 1.29 is 0 Å². The second kappa shape index (κ2) is 3.88. The van der Waals surface area contributed by atoms with Gasteiger partial charge in [-0.2, -0.15) is 0 Å². The van der Waals surface area contributed by atoms with Gasteiger partial charge in [0.2, 0.25) is 0 Å². The number of anilines is 2. The Kier molecular flexibility index (Phi) is 2.59. The van der Waals surface area contributed by atoms with Crippen LogP contribution in [0.4, 0.5) is 11.5 Å². The predicted octanol–water partition coefficient (Wildman–Crippen LogP) is 2.08. The second-order valence-corrected chi connectivity index (χ2v) is 3.69. The van der Waals surface area contributed by atoms with E-state index in [1.165, 1.54) is 0 Å². The molecule has 1 aromatic heterocycles. The summed E-state index contributed by atoms with van der Waals surface area (Å²) in [5.41, 5.74) is 6.18. The van der Waals surface area contributed by atoms with Gasteiger partial charge in [-0.3, -0.25) is 0 Å². The minimum absolute atomic E-state index is 0.603. The molecular weight excluding hydrogens is 198 g/mol. The number of rotatable bonds is 1.